The lowest BCUT2D eigenvalue weighted by Crippen LogP contribution is -2.35. The zero-order valence-corrected chi connectivity index (χ0v) is 16.4. The third-order valence-corrected chi connectivity index (χ3v) is 4.31. The summed E-state index contributed by atoms with van der Waals surface area (Å²) in [5.41, 5.74) is 2.96. The molecule has 0 aliphatic heterocycles. The number of hydrogen-bond acceptors (Lipinski definition) is 6. The van der Waals surface area contributed by atoms with Gasteiger partial charge in [0.25, 0.3) is 5.91 Å². The maximum atomic E-state index is 12.1. The van der Waals surface area contributed by atoms with Crippen LogP contribution >= 0.6 is 0 Å². The van der Waals surface area contributed by atoms with Crippen LogP contribution in [-0.2, 0) is 27.3 Å². The number of carbonyl (C=O) groups excluding carboxylic acids is 2. The van der Waals surface area contributed by atoms with Crippen LogP contribution in [0.25, 0.3) is 11.4 Å². The van der Waals surface area contributed by atoms with E-state index in [2.05, 4.69) is 15.5 Å². The Morgan fingerprint density at radius 2 is 1.83 bits per heavy atom. The molecule has 3 aromatic rings. The van der Waals surface area contributed by atoms with Gasteiger partial charge in [-0.2, -0.15) is 4.98 Å². The molecule has 1 atom stereocenters. The molecule has 150 valence electrons. The first-order valence-corrected chi connectivity index (χ1v) is 9.42. The van der Waals surface area contributed by atoms with Crippen LogP contribution in [0.5, 0.6) is 0 Å². The van der Waals surface area contributed by atoms with E-state index in [1.165, 1.54) is 0 Å². The first-order chi connectivity index (χ1) is 14.0. The van der Waals surface area contributed by atoms with Crippen molar-refractivity contribution in [3.63, 3.8) is 0 Å². The Morgan fingerprint density at radius 1 is 1.10 bits per heavy atom. The van der Waals surface area contributed by atoms with Crippen molar-refractivity contribution in [1.82, 2.24) is 15.5 Å². The number of hydrogen-bond donors (Lipinski definition) is 1. The summed E-state index contributed by atoms with van der Waals surface area (Å²) in [7, 11) is 0. The normalized spacial score (nSPS) is 11.7. The van der Waals surface area contributed by atoms with Crippen LogP contribution in [0.3, 0.4) is 0 Å². The van der Waals surface area contributed by atoms with Crippen molar-refractivity contribution in [2.45, 2.75) is 39.3 Å². The third kappa shape index (κ3) is 6.00. The van der Waals surface area contributed by atoms with Gasteiger partial charge in [-0.3, -0.25) is 9.59 Å². The number of rotatable bonds is 8. The highest BCUT2D eigenvalue weighted by atomic mass is 16.5. The number of nitrogens with one attached hydrogen (secondary N) is 1. The predicted octanol–water partition coefficient (Wildman–Crippen LogP) is 3.23. The molecule has 1 aromatic heterocycles. The van der Waals surface area contributed by atoms with E-state index < -0.39 is 12.1 Å². The molecule has 0 saturated carbocycles. The van der Waals surface area contributed by atoms with E-state index >= 15 is 0 Å². The molecular weight excluding hydrogens is 370 g/mol. The average Bonchev–Trinajstić information content (AvgIpc) is 3.21. The summed E-state index contributed by atoms with van der Waals surface area (Å²) in [4.78, 5) is 28.4. The summed E-state index contributed by atoms with van der Waals surface area (Å²) >= 11 is 0. The molecule has 3 rings (SSSR count). The maximum Gasteiger partial charge on any atom is 0.307 e. The van der Waals surface area contributed by atoms with Crippen LogP contribution < -0.4 is 5.32 Å². The first-order valence-electron chi connectivity index (χ1n) is 9.42. The van der Waals surface area contributed by atoms with Crippen molar-refractivity contribution in [1.29, 1.82) is 0 Å². The van der Waals surface area contributed by atoms with Crippen LogP contribution in [-0.4, -0.2) is 28.1 Å². The minimum absolute atomic E-state index is 0.0475. The fraction of sp³-hybridized carbons (Fsp3) is 0.273. The van der Waals surface area contributed by atoms with Gasteiger partial charge in [-0.1, -0.05) is 65.3 Å². The highest BCUT2D eigenvalue weighted by molar-refractivity contribution is 5.83. The highest BCUT2D eigenvalue weighted by Gasteiger charge is 2.18. The second-order valence-electron chi connectivity index (χ2n) is 6.71. The van der Waals surface area contributed by atoms with E-state index in [0.717, 1.165) is 16.7 Å². The molecule has 29 heavy (non-hydrogen) atoms. The summed E-state index contributed by atoms with van der Waals surface area (Å²) in [5.74, 6) is -0.0233. The number of ether oxygens (including phenoxy) is 1. The number of aryl methyl sites for hydroxylation is 2. The van der Waals surface area contributed by atoms with Crippen molar-refractivity contribution in [2.75, 3.05) is 0 Å². The van der Waals surface area contributed by atoms with Gasteiger partial charge in [-0.05, 0) is 19.4 Å². The Bertz CT molecular complexity index is 952. The molecule has 0 bridgehead atoms. The van der Waals surface area contributed by atoms with E-state index in [9.17, 15) is 9.59 Å². The van der Waals surface area contributed by atoms with Gasteiger partial charge in [0, 0.05) is 18.5 Å². The molecule has 7 heteroatoms. The van der Waals surface area contributed by atoms with Gasteiger partial charge in [-0.15, -0.1) is 0 Å². The zero-order valence-electron chi connectivity index (χ0n) is 16.4. The van der Waals surface area contributed by atoms with Crippen molar-refractivity contribution < 1.29 is 18.8 Å². The quantitative estimate of drug-likeness (QED) is 0.591. The Hall–Kier alpha value is -3.48. The molecular formula is C22H23N3O4. The number of amides is 1. The number of esters is 1. The van der Waals surface area contributed by atoms with Crippen LogP contribution in [0.15, 0.2) is 59.1 Å². The van der Waals surface area contributed by atoms with Crippen molar-refractivity contribution in [2.24, 2.45) is 0 Å². The van der Waals surface area contributed by atoms with Gasteiger partial charge in [0.15, 0.2) is 6.10 Å². The van der Waals surface area contributed by atoms with E-state index in [0.29, 0.717) is 18.3 Å². The monoisotopic (exact) mass is 393 g/mol. The second-order valence-corrected chi connectivity index (χ2v) is 6.71. The molecule has 0 fully saturated rings. The van der Waals surface area contributed by atoms with Crippen LogP contribution in [0.1, 0.15) is 30.4 Å². The zero-order chi connectivity index (χ0) is 20.6. The highest BCUT2D eigenvalue weighted by Crippen LogP contribution is 2.17. The number of nitrogens with zero attached hydrogens (tertiary/aromatic N) is 2. The molecule has 1 heterocycles. The molecule has 0 spiro atoms. The predicted molar refractivity (Wildman–Crippen MR) is 107 cm³/mol. The maximum absolute atomic E-state index is 12.1. The van der Waals surface area contributed by atoms with Crippen LogP contribution in [0, 0.1) is 6.92 Å². The summed E-state index contributed by atoms with van der Waals surface area (Å²) < 4.78 is 10.4. The smallest absolute Gasteiger partial charge is 0.307 e. The molecule has 1 N–H and O–H groups in total. The largest absolute Gasteiger partial charge is 0.453 e. The van der Waals surface area contributed by atoms with E-state index in [1.54, 1.807) is 6.92 Å². The molecule has 2 aromatic carbocycles. The number of aromatic nitrogens is 2. The van der Waals surface area contributed by atoms with Crippen molar-refractivity contribution in [3.8, 4) is 11.4 Å². The minimum Gasteiger partial charge on any atom is -0.453 e. The topological polar surface area (TPSA) is 94.3 Å². The number of benzene rings is 2. The number of carbonyl (C=O) groups is 2. The Kier molecular flexibility index (Phi) is 6.73. The van der Waals surface area contributed by atoms with Crippen molar-refractivity contribution in [3.05, 3.63) is 71.6 Å². The summed E-state index contributed by atoms with van der Waals surface area (Å²) in [6.45, 7) is 3.92. The SMILES string of the molecule is Cc1ccc(-c2noc(CCC(=O)OC(C)C(=O)NCc3ccccc3)n2)cc1. The summed E-state index contributed by atoms with van der Waals surface area (Å²) in [6, 6.07) is 17.3. The van der Waals surface area contributed by atoms with Crippen LogP contribution in [0.2, 0.25) is 0 Å². The van der Waals surface area contributed by atoms with Gasteiger partial charge in [0.1, 0.15) is 0 Å². The second kappa shape index (κ2) is 9.64. The molecule has 0 aliphatic rings. The summed E-state index contributed by atoms with van der Waals surface area (Å²) in [5, 5.41) is 6.68. The molecule has 0 saturated heterocycles. The van der Waals surface area contributed by atoms with E-state index in [1.807, 2.05) is 61.5 Å². The standard InChI is InChI=1S/C22H23N3O4/c1-15-8-10-18(11-9-15)21-24-19(29-25-21)12-13-20(26)28-16(2)22(27)23-14-17-6-4-3-5-7-17/h3-11,16H,12-14H2,1-2H3,(H,23,27). The average molecular weight is 393 g/mol. The fourth-order valence-electron chi connectivity index (χ4n) is 2.62. The molecule has 1 unspecified atom stereocenters. The summed E-state index contributed by atoms with van der Waals surface area (Å²) in [6.07, 6.45) is -0.584. The van der Waals surface area contributed by atoms with Gasteiger partial charge in [0.2, 0.25) is 11.7 Å². The minimum atomic E-state index is -0.878. The first kappa shape index (κ1) is 20.3. The third-order valence-electron chi connectivity index (χ3n) is 4.31. The molecule has 0 aliphatic carbocycles. The van der Waals surface area contributed by atoms with E-state index in [-0.39, 0.29) is 18.7 Å². The lowest BCUT2D eigenvalue weighted by atomic mass is 10.1. The Balaban J connectivity index is 1.43. The van der Waals surface area contributed by atoms with Crippen molar-refractivity contribution >= 4 is 11.9 Å². The van der Waals surface area contributed by atoms with Gasteiger partial charge >= 0.3 is 5.97 Å². The Morgan fingerprint density at radius 3 is 2.55 bits per heavy atom. The van der Waals surface area contributed by atoms with E-state index in [4.69, 9.17) is 9.26 Å². The van der Waals surface area contributed by atoms with Gasteiger partial charge in [0.05, 0.1) is 6.42 Å². The van der Waals surface area contributed by atoms with Crippen LogP contribution in [0.4, 0.5) is 0 Å². The fourth-order valence-corrected chi connectivity index (χ4v) is 2.62. The van der Waals surface area contributed by atoms with Gasteiger partial charge in [-0.25, -0.2) is 0 Å². The van der Waals surface area contributed by atoms with Gasteiger partial charge < -0.3 is 14.6 Å². The molecule has 1 amide bonds. The lowest BCUT2D eigenvalue weighted by Gasteiger charge is -2.13. The lowest BCUT2D eigenvalue weighted by molar-refractivity contribution is -0.154. The molecule has 0 radical (unpaired) electrons. The Labute approximate surface area is 169 Å². The molecule has 7 nitrogen and oxygen atoms in total.